The van der Waals surface area contributed by atoms with E-state index < -0.39 is 0 Å². The molecule has 2 heterocycles. The van der Waals surface area contributed by atoms with Crippen LogP contribution in [0.15, 0.2) is 17.0 Å². The van der Waals surface area contributed by atoms with Crippen LogP contribution in [-0.2, 0) is 11.3 Å². The van der Waals surface area contributed by atoms with Gasteiger partial charge in [0.25, 0.3) is 0 Å². The van der Waals surface area contributed by atoms with Crippen LogP contribution in [0.5, 0.6) is 0 Å². The van der Waals surface area contributed by atoms with Crippen molar-refractivity contribution in [3.63, 3.8) is 0 Å². The third kappa shape index (κ3) is 2.34. The summed E-state index contributed by atoms with van der Waals surface area (Å²) < 4.78 is 5.06. The van der Waals surface area contributed by atoms with Gasteiger partial charge in [-0.15, -0.1) is 11.3 Å². The van der Waals surface area contributed by atoms with E-state index in [1.54, 1.807) is 12.6 Å². The lowest BCUT2D eigenvalue weighted by atomic mass is 10.3. The average Bonchev–Trinajstić information content (AvgIpc) is 2.82. The van der Waals surface area contributed by atoms with Crippen LogP contribution in [0.25, 0.3) is 11.5 Å². The molecule has 0 amide bonds. The molecule has 1 N–H and O–H groups in total. The van der Waals surface area contributed by atoms with Crippen molar-refractivity contribution in [2.75, 3.05) is 19.5 Å². The summed E-state index contributed by atoms with van der Waals surface area (Å²) in [5, 5.41) is 4.92. The van der Waals surface area contributed by atoms with Crippen LogP contribution in [0.3, 0.4) is 0 Å². The minimum atomic E-state index is 0.467. The Morgan fingerprint density at radius 3 is 2.94 bits per heavy atom. The lowest BCUT2D eigenvalue weighted by Gasteiger charge is -2.05. The van der Waals surface area contributed by atoms with E-state index in [1.165, 1.54) is 11.3 Å². The first-order valence-electron chi connectivity index (χ1n) is 4.76. The molecule has 0 unspecified atom stereocenters. The van der Waals surface area contributed by atoms with Crippen LogP contribution >= 0.6 is 11.3 Å². The lowest BCUT2D eigenvalue weighted by Crippen LogP contribution is -2.01. The molecule has 16 heavy (non-hydrogen) atoms. The first kappa shape index (κ1) is 11.0. The molecule has 84 valence electrons. The smallest absolute Gasteiger partial charge is 0.181 e. The summed E-state index contributed by atoms with van der Waals surface area (Å²) in [6, 6.07) is 1.86. The van der Waals surface area contributed by atoms with Crippen LogP contribution in [0, 0.1) is 0 Å². The topological polar surface area (TPSA) is 59.9 Å². The molecule has 0 bridgehead atoms. The number of hydrogen-bond donors (Lipinski definition) is 1. The van der Waals surface area contributed by atoms with Crippen molar-refractivity contribution in [2.45, 2.75) is 6.61 Å². The zero-order valence-electron chi connectivity index (χ0n) is 9.10. The van der Waals surface area contributed by atoms with E-state index in [2.05, 4.69) is 20.3 Å². The fourth-order valence-corrected chi connectivity index (χ4v) is 1.82. The van der Waals surface area contributed by atoms with Gasteiger partial charge in [-0.25, -0.2) is 15.0 Å². The Bertz CT molecular complexity index is 458. The fraction of sp³-hybridized carbons (Fsp3) is 0.300. The molecule has 0 spiro atoms. The number of aromatic nitrogens is 3. The number of anilines is 1. The number of thiazole rings is 1. The molecule has 0 fully saturated rings. The number of nitrogens with one attached hydrogen (secondary N) is 1. The van der Waals surface area contributed by atoms with E-state index in [9.17, 15) is 0 Å². The summed E-state index contributed by atoms with van der Waals surface area (Å²) in [7, 11) is 3.47. The van der Waals surface area contributed by atoms with Gasteiger partial charge in [-0.1, -0.05) is 0 Å². The zero-order valence-corrected chi connectivity index (χ0v) is 9.91. The van der Waals surface area contributed by atoms with Gasteiger partial charge < -0.3 is 10.1 Å². The van der Waals surface area contributed by atoms with Gasteiger partial charge in [-0.05, 0) is 0 Å². The summed E-state index contributed by atoms with van der Waals surface area (Å²) in [5.41, 5.74) is 3.39. The van der Waals surface area contributed by atoms with Crippen molar-refractivity contribution in [2.24, 2.45) is 0 Å². The Labute approximate surface area is 97.5 Å². The molecule has 0 aromatic carbocycles. The summed E-state index contributed by atoms with van der Waals surface area (Å²) >= 11 is 1.52. The molecule has 2 rings (SSSR count). The Balaban J connectivity index is 2.41. The van der Waals surface area contributed by atoms with E-state index in [4.69, 9.17) is 4.74 Å². The molecular weight excluding hydrogens is 224 g/mol. The maximum atomic E-state index is 5.06. The molecule has 5 nitrogen and oxygen atoms in total. The number of methoxy groups -OCH3 is 1. The minimum Gasteiger partial charge on any atom is -0.378 e. The van der Waals surface area contributed by atoms with Gasteiger partial charge in [0.05, 0.1) is 17.8 Å². The van der Waals surface area contributed by atoms with Crippen molar-refractivity contribution >= 4 is 17.2 Å². The van der Waals surface area contributed by atoms with Crippen LogP contribution in [0.4, 0.5) is 5.82 Å². The molecule has 0 aliphatic rings. The SMILES string of the molecule is CNc1cc(COC)nc(-c2cscn2)n1. The van der Waals surface area contributed by atoms with Crippen LogP contribution in [0.1, 0.15) is 5.69 Å². The predicted molar refractivity (Wildman–Crippen MR) is 63.4 cm³/mol. The number of hydrogen-bond acceptors (Lipinski definition) is 6. The maximum Gasteiger partial charge on any atom is 0.181 e. The molecule has 0 aliphatic heterocycles. The normalized spacial score (nSPS) is 10.4. The van der Waals surface area contributed by atoms with Crippen molar-refractivity contribution in [3.8, 4) is 11.5 Å². The van der Waals surface area contributed by atoms with E-state index in [0.717, 1.165) is 17.2 Å². The first-order valence-corrected chi connectivity index (χ1v) is 5.71. The van der Waals surface area contributed by atoms with Crippen LogP contribution in [0.2, 0.25) is 0 Å². The third-order valence-corrected chi connectivity index (χ3v) is 2.58. The Morgan fingerprint density at radius 1 is 1.44 bits per heavy atom. The monoisotopic (exact) mass is 236 g/mol. The molecule has 2 aromatic rings. The quantitative estimate of drug-likeness (QED) is 0.877. The fourth-order valence-electron chi connectivity index (χ4n) is 1.28. The highest BCUT2D eigenvalue weighted by Gasteiger charge is 2.07. The second-order valence-electron chi connectivity index (χ2n) is 3.12. The van der Waals surface area contributed by atoms with E-state index in [0.29, 0.717) is 12.4 Å². The average molecular weight is 236 g/mol. The molecule has 0 radical (unpaired) electrons. The molecule has 0 atom stereocenters. The van der Waals surface area contributed by atoms with Crippen LogP contribution < -0.4 is 5.32 Å². The highest BCUT2D eigenvalue weighted by Crippen LogP contribution is 2.17. The van der Waals surface area contributed by atoms with Gasteiger partial charge in [0.1, 0.15) is 11.5 Å². The van der Waals surface area contributed by atoms with Gasteiger partial charge in [0.2, 0.25) is 0 Å². The maximum absolute atomic E-state index is 5.06. The van der Waals surface area contributed by atoms with Crippen molar-refractivity contribution < 1.29 is 4.74 Å². The lowest BCUT2D eigenvalue weighted by molar-refractivity contribution is 0.181. The van der Waals surface area contributed by atoms with Crippen LogP contribution in [-0.4, -0.2) is 29.1 Å². The van der Waals surface area contributed by atoms with Gasteiger partial charge in [0, 0.05) is 25.6 Å². The van der Waals surface area contributed by atoms with Gasteiger partial charge in [-0.3, -0.25) is 0 Å². The summed E-state index contributed by atoms with van der Waals surface area (Å²) in [4.78, 5) is 12.9. The van der Waals surface area contributed by atoms with E-state index in [-0.39, 0.29) is 0 Å². The van der Waals surface area contributed by atoms with Crippen molar-refractivity contribution in [1.29, 1.82) is 0 Å². The standard InChI is InChI=1S/C10H12N4OS/c1-11-9-3-7(4-15-2)13-10(14-9)8-5-16-6-12-8/h3,5-6H,4H2,1-2H3,(H,11,13,14). The number of nitrogens with zero attached hydrogens (tertiary/aromatic N) is 3. The molecule has 2 aromatic heterocycles. The Morgan fingerprint density at radius 2 is 2.31 bits per heavy atom. The first-order chi connectivity index (χ1) is 7.83. The highest BCUT2D eigenvalue weighted by atomic mass is 32.1. The second kappa shape index (κ2) is 5.00. The summed E-state index contributed by atoms with van der Waals surface area (Å²) in [6.07, 6.45) is 0. The zero-order chi connectivity index (χ0) is 11.4. The predicted octanol–water partition coefficient (Wildman–Crippen LogP) is 1.79. The summed E-state index contributed by atoms with van der Waals surface area (Å²) in [5.74, 6) is 1.39. The number of ether oxygens (including phenoxy) is 1. The second-order valence-corrected chi connectivity index (χ2v) is 3.84. The van der Waals surface area contributed by atoms with Gasteiger partial charge in [-0.2, -0.15) is 0 Å². The van der Waals surface area contributed by atoms with Crippen molar-refractivity contribution in [1.82, 2.24) is 15.0 Å². The van der Waals surface area contributed by atoms with Gasteiger partial charge in [0.15, 0.2) is 5.82 Å². The van der Waals surface area contributed by atoms with Gasteiger partial charge >= 0.3 is 0 Å². The van der Waals surface area contributed by atoms with E-state index in [1.807, 2.05) is 18.5 Å². The molecule has 0 aliphatic carbocycles. The molecular formula is C10H12N4OS. The van der Waals surface area contributed by atoms with E-state index >= 15 is 0 Å². The molecule has 6 heteroatoms. The third-order valence-electron chi connectivity index (χ3n) is 1.99. The summed E-state index contributed by atoms with van der Waals surface area (Å²) in [6.45, 7) is 0.467. The highest BCUT2D eigenvalue weighted by molar-refractivity contribution is 7.07. The molecule has 0 saturated carbocycles. The Kier molecular flexibility index (Phi) is 3.43. The minimum absolute atomic E-state index is 0.467. The van der Waals surface area contributed by atoms with Crippen molar-refractivity contribution in [3.05, 3.63) is 22.7 Å². The largest absolute Gasteiger partial charge is 0.378 e. The number of rotatable bonds is 4. The molecule has 0 saturated heterocycles. The Hall–Kier alpha value is -1.53.